The zero-order chi connectivity index (χ0) is 19.2. The van der Waals surface area contributed by atoms with E-state index in [-0.39, 0.29) is 5.91 Å². The summed E-state index contributed by atoms with van der Waals surface area (Å²) in [5, 5.41) is 4.46. The molecule has 1 amide bonds. The van der Waals surface area contributed by atoms with Crippen molar-refractivity contribution in [2.24, 2.45) is 0 Å². The maximum Gasteiger partial charge on any atom is 0.272 e. The number of nitrogens with zero attached hydrogens (tertiary/aromatic N) is 4. The van der Waals surface area contributed by atoms with Crippen molar-refractivity contribution in [3.8, 4) is 0 Å². The summed E-state index contributed by atoms with van der Waals surface area (Å²) in [5.41, 5.74) is 4.16. The number of benzene rings is 1. The Hall–Kier alpha value is -2.18. The van der Waals surface area contributed by atoms with Gasteiger partial charge in [-0.25, -0.2) is 0 Å². The molecule has 0 bridgehead atoms. The first-order chi connectivity index (χ1) is 13.1. The first-order valence-corrected chi connectivity index (χ1v) is 9.76. The molecule has 0 radical (unpaired) electrons. The topological polar surface area (TPSA) is 50.6 Å². The average molecular weight is 370 g/mol. The maximum atomic E-state index is 13.0. The summed E-state index contributed by atoms with van der Waals surface area (Å²) in [6, 6.07) is 10.5. The van der Waals surface area contributed by atoms with Crippen LogP contribution in [0.4, 0.5) is 0 Å². The molecule has 0 saturated carbocycles. The van der Waals surface area contributed by atoms with E-state index in [1.807, 2.05) is 24.8 Å². The van der Waals surface area contributed by atoms with Crippen LogP contribution in [0.5, 0.6) is 0 Å². The molecule has 6 heteroatoms. The second-order valence-electron chi connectivity index (χ2n) is 7.15. The highest BCUT2D eigenvalue weighted by Gasteiger charge is 2.25. The minimum absolute atomic E-state index is 0.0716. The van der Waals surface area contributed by atoms with Crippen LogP contribution in [-0.4, -0.2) is 64.9 Å². The van der Waals surface area contributed by atoms with Gasteiger partial charge in [-0.1, -0.05) is 29.8 Å². The van der Waals surface area contributed by atoms with Crippen molar-refractivity contribution in [3.05, 3.63) is 52.8 Å². The molecule has 0 unspecified atom stereocenters. The number of carbonyl (C=O) groups is 1. The molecule has 2 aromatic rings. The number of ether oxygens (including phenoxy) is 1. The molecule has 1 fully saturated rings. The summed E-state index contributed by atoms with van der Waals surface area (Å²) < 4.78 is 7.20. The van der Waals surface area contributed by atoms with Gasteiger partial charge in [-0.2, -0.15) is 5.10 Å². The summed E-state index contributed by atoms with van der Waals surface area (Å²) in [7, 11) is 0. The van der Waals surface area contributed by atoms with Gasteiger partial charge >= 0.3 is 0 Å². The van der Waals surface area contributed by atoms with Gasteiger partial charge < -0.3 is 9.64 Å². The Morgan fingerprint density at radius 2 is 1.93 bits per heavy atom. The summed E-state index contributed by atoms with van der Waals surface area (Å²) in [4.78, 5) is 17.3. The van der Waals surface area contributed by atoms with Gasteiger partial charge in [0.05, 0.1) is 18.8 Å². The fourth-order valence-corrected chi connectivity index (χ4v) is 3.52. The Balaban J connectivity index is 1.57. The molecule has 0 atom stereocenters. The molecule has 1 aliphatic rings. The van der Waals surface area contributed by atoms with Crippen molar-refractivity contribution in [2.75, 3.05) is 39.4 Å². The van der Waals surface area contributed by atoms with Gasteiger partial charge in [-0.3, -0.25) is 14.4 Å². The van der Waals surface area contributed by atoms with Gasteiger partial charge in [-0.05, 0) is 32.4 Å². The van der Waals surface area contributed by atoms with Crippen LogP contribution in [0.1, 0.15) is 34.2 Å². The van der Waals surface area contributed by atoms with Gasteiger partial charge in [-0.15, -0.1) is 0 Å². The molecule has 2 heterocycles. The second kappa shape index (κ2) is 9.15. The molecule has 1 aromatic carbocycles. The Labute approximate surface area is 161 Å². The number of amides is 1. The third kappa shape index (κ3) is 5.17. The van der Waals surface area contributed by atoms with E-state index in [2.05, 4.69) is 41.2 Å². The van der Waals surface area contributed by atoms with Crippen molar-refractivity contribution in [1.29, 1.82) is 0 Å². The van der Waals surface area contributed by atoms with Crippen molar-refractivity contribution in [1.82, 2.24) is 19.6 Å². The molecule has 27 heavy (non-hydrogen) atoms. The molecule has 0 N–H and O–H groups in total. The lowest BCUT2D eigenvalue weighted by Gasteiger charge is -2.34. The van der Waals surface area contributed by atoms with E-state index in [9.17, 15) is 4.79 Å². The van der Waals surface area contributed by atoms with Crippen molar-refractivity contribution in [3.63, 3.8) is 0 Å². The predicted octanol–water partition coefficient (Wildman–Crippen LogP) is 2.49. The summed E-state index contributed by atoms with van der Waals surface area (Å²) in [6.45, 7) is 12.1. The molecule has 0 spiro atoms. The number of aromatic nitrogens is 2. The molecular weight excluding hydrogens is 340 g/mol. The minimum Gasteiger partial charge on any atom is -0.380 e. The van der Waals surface area contributed by atoms with Gasteiger partial charge in [0.1, 0.15) is 5.69 Å². The standard InChI is InChI=1S/C21H30N4O2/c1-4-27-13-12-25-20(15-18(3)22-25)21(26)24-10-8-23(9-11-24)16-19-7-5-6-17(2)14-19/h5-7,14-15H,4,8-13,16H2,1-3H3. The number of aryl methyl sites for hydroxylation is 2. The highest BCUT2D eigenvalue weighted by Crippen LogP contribution is 2.14. The van der Waals surface area contributed by atoms with E-state index in [0.29, 0.717) is 25.5 Å². The van der Waals surface area contributed by atoms with Crippen LogP contribution in [0.2, 0.25) is 0 Å². The van der Waals surface area contributed by atoms with Crippen molar-refractivity contribution < 1.29 is 9.53 Å². The largest absolute Gasteiger partial charge is 0.380 e. The highest BCUT2D eigenvalue weighted by atomic mass is 16.5. The second-order valence-corrected chi connectivity index (χ2v) is 7.15. The third-order valence-corrected chi connectivity index (χ3v) is 4.92. The number of hydrogen-bond donors (Lipinski definition) is 0. The van der Waals surface area contributed by atoms with Crippen LogP contribution in [0, 0.1) is 13.8 Å². The van der Waals surface area contributed by atoms with Crippen LogP contribution in [-0.2, 0) is 17.8 Å². The SMILES string of the molecule is CCOCCn1nc(C)cc1C(=O)N1CCN(Cc2cccc(C)c2)CC1. The highest BCUT2D eigenvalue weighted by molar-refractivity contribution is 5.92. The Kier molecular flexibility index (Phi) is 6.63. The van der Waals surface area contributed by atoms with Gasteiger partial charge in [0, 0.05) is 39.3 Å². The fraction of sp³-hybridized carbons (Fsp3) is 0.524. The lowest BCUT2D eigenvalue weighted by Crippen LogP contribution is -2.48. The van der Waals surface area contributed by atoms with E-state index in [0.717, 1.165) is 38.4 Å². The number of carbonyl (C=O) groups excluding carboxylic acids is 1. The first kappa shape index (κ1) is 19.6. The monoisotopic (exact) mass is 370 g/mol. The molecule has 6 nitrogen and oxygen atoms in total. The lowest BCUT2D eigenvalue weighted by atomic mass is 10.1. The average Bonchev–Trinajstić information content (AvgIpc) is 3.03. The van der Waals surface area contributed by atoms with Crippen LogP contribution in [0.25, 0.3) is 0 Å². The van der Waals surface area contributed by atoms with Crippen LogP contribution in [0.3, 0.4) is 0 Å². The molecule has 3 rings (SSSR count). The zero-order valence-electron chi connectivity index (χ0n) is 16.6. The summed E-state index contributed by atoms with van der Waals surface area (Å²) >= 11 is 0. The molecule has 1 saturated heterocycles. The lowest BCUT2D eigenvalue weighted by molar-refractivity contribution is 0.0612. The van der Waals surface area contributed by atoms with Crippen molar-refractivity contribution in [2.45, 2.75) is 33.9 Å². The fourth-order valence-electron chi connectivity index (χ4n) is 3.52. The van der Waals surface area contributed by atoms with E-state index >= 15 is 0 Å². The van der Waals surface area contributed by atoms with Crippen LogP contribution < -0.4 is 0 Å². The van der Waals surface area contributed by atoms with E-state index in [4.69, 9.17) is 4.74 Å². The van der Waals surface area contributed by atoms with E-state index < -0.39 is 0 Å². The minimum atomic E-state index is 0.0716. The molecule has 146 valence electrons. The Morgan fingerprint density at radius 1 is 1.15 bits per heavy atom. The Bertz CT molecular complexity index is 763. The van der Waals surface area contributed by atoms with Crippen molar-refractivity contribution >= 4 is 5.91 Å². The maximum absolute atomic E-state index is 13.0. The van der Waals surface area contributed by atoms with Gasteiger partial charge in [0.2, 0.25) is 0 Å². The molecule has 1 aromatic heterocycles. The summed E-state index contributed by atoms with van der Waals surface area (Å²) in [5.74, 6) is 0.0716. The smallest absolute Gasteiger partial charge is 0.272 e. The van der Waals surface area contributed by atoms with Gasteiger partial charge in [0.25, 0.3) is 5.91 Å². The van der Waals surface area contributed by atoms with Crippen LogP contribution in [0.15, 0.2) is 30.3 Å². The normalized spacial score (nSPS) is 15.3. The number of rotatable bonds is 7. The van der Waals surface area contributed by atoms with E-state index in [1.165, 1.54) is 11.1 Å². The molecular formula is C21H30N4O2. The molecule has 0 aliphatic carbocycles. The number of piperazine rings is 1. The van der Waals surface area contributed by atoms with Gasteiger partial charge in [0.15, 0.2) is 0 Å². The van der Waals surface area contributed by atoms with E-state index in [1.54, 1.807) is 4.68 Å². The predicted molar refractivity (Wildman–Crippen MR) is 106 cm³/mol. The number of hydrogen-bond acceptors (Lipinski definition) is 4. The third-order valence-electron chi connectivity index (χ3n) is 4.92. The van der Waals surface area contributed by atoms with Crippen LogP contribution >= 0.6 is 0 Å². The summed E-state index contributed by atoms with van der Waals surface area (Å²) in [6.07, 6.45) is 0. The zero-order valence-corrected chi connectivity index (χ0v) is 16.6. The first-order valence-electron chi connectivity index (χ1n) is 9.76. The Morgan fingerprint density at radius 3 is 2.63 bits per heavy atom. The molecule has 1 aliphatic heterocycles. The quantitative estimate of drug-likeness (QED) is 0.703.